The number of aromatic nitrogens is 1. The molecule has 2 aromatic rings. The molecule has 1 N–H and O–H groups in total. The van der Waals surface area contributed by atoms with Gasteiger partial charge in [0.05, 0.1) is 10.6 Å². The van der Waals surface area contributed by atoms with E-state index in [2.05, 4.69) is 10.3 Å². The molecule has 0 aliphatic carbocycles. The Kier molecular flexibility index (Phi) is 5.81. The third-order valence-electron chi connectivity index (χ3n) is 3.41. The number of rotatable bonds is 7. The van der Waals surface area contributed by atoms with E-state index in [1.54, 1.807) is 12.1 Å². The van der Waals surface area contributed by atoms with Crippen molar-refractivity contribution in [2.45, 2.75) is 39.5 Å². The van der Waals surface area contributed by atoms with Crippen molar-refractivity contribution in [2.75, 3.05) is 5.32 Å². The number of carbonyl (C=O) groups excluding carboxylic acids is 1. The topological polar surface area (TPSA) is 85.1 Å². The van der Waals surface area contributed by atoms with Crippen LogP contribution in [0.5, 0.6) is 0 Å². The van der Waals surface area contributed by atoms with Gasteiger partial charge in [-0.15, -0.1) is 11.3 Å². The Morgan fingerprint density at radius 3 is 2.65 bits per heavy atom. The number of nitro groups is 1. The predicted octanol–water partition coefficient (Wildman–Crippen LogP) is 4.08. The summed E-state index contributed by atoms with van der Waals surface area (Å²) >= 11 is 1.45. The van der Waals surface area contributed by atoms with Crippen molar-refractivity contribution in [2.24, 2.45) is 0 Å². The molecule has 1 aromatic carbocycles. The predicted molar refractivity (Wildman–Crippen MR) is 90.9 cm³/mol. The zero-order chi connectivity index (χ0) is 16.8. The summed E-state index contributed by atoms with van der Waals surface area (Å²) in [5.74, 6) is -0.0116. The SMILES string of the molecule is CCCCC(=O)Nc1nc(C)c(Cc2ccc([N+](=O)[O-])cc2)s1. The maximum atomic E-state index is 11.7. The number of carbonyl (C=O) groups is 1. The van der Waals surface area contributed by atoms with Gasteiger partial charge in [-0.3, -0.25) is 14.9 Å². The molecule has 0 radical (unpaired) electrons. The minimum absolute atomic E-state index is 0.0116. The summed E-state index contributed by atoms with van der Waals surface area (Å²) in [6, 6.07) is 6.49. The monoisotopic (exact) mass is 333 g/mol. The number of nitrogens with zero attached hydrogens (tertiary/aromatic N) is 2. The number of nitrogens with one attached hydrogen (secondary N) is 1. The van der Waals surface area contributed by atoms with Crippen molar-refractivity contribution in [3.8, 4) is 0 Å². The maximum Gasteiger partial charge on any atom is 0.269 e. The van der Waals surface area contributed by atoms with Crippen molar-refractivity contribution in [3.05, 3.63) is 50.5 Å². The highest BCUT2D eigenvalue weighted by Crippen LogP contribution is 2.26. The van der Waals surface area contributed by atoms with Crippen LogP contribution < -0.4 is 5.32 Å². The van der Waals surface area contributed by atoms with Gasteiger partial charge in [0, 0.05) is 29.9 Å². The summed E-state index contributed by atoms with van der Waals surface area (Å²) in [5, 5.41) is 14.1. The van der Waals surface area contributed by atoms with Crippen LogP contribution in [-0.4, -0.2) is 15.8 Å². The van der Waals surface area contributed by atoms with Crippen LogP contribution in [0.25, 0.3) is 0 Å². The van der Waals surface area contributed by atoms with E-state index in [1.807, 2.05) is 13.8 Å². The summed E-state index contributed by atoms with van der Waals surface area (Å²) < 4.78 is 0. The first-order chi connectivity index (χ1) is 11.0. The van der Waals surface area contributed by atoms with E-state index >= 15 is 0 Å². The molecule has 0 aliphatic heterocycles. The zero-order valence-electron chi connectivity index (χ0n) is 13.2. The van der Waals surface area contributed by atoms with Crippen molar-refractivity contribution >= 4 is 28.1 Å². The van der Waals surface area contributed by atoms with Gasteiger partial charge >= 0.3 is 0 Å². The van der Waals surface area contributed by atoms with Gasteiger partial charge in [0.25, 0.3) is 5.69 Å². The van der Waals surface area contributed by atoms with E-state index in [0.29, 0.717) is 18.0 Å². The molecular formula is C16H19N3O3S. The number of nitro benzene ring substituents is 1. The highest BCUT2D eigenvalue weighted by molar-refractivity contribution is 7.15. The largest absolute Gasteiger partial charge is 0.302 e. The minimum Gasteiger partial charge on any atom is -0.302 e. The number of hydrogen-bond acceptors (Lipinski definition) is 5. The average molecular weight is 333 g/mol. The fourth-order valence-electron chi connectivity index (χ4n) is 2.09. The van der Waals surface area contributed by atoms with E-state index in [4.69, 9.17) is 0 Å². The normalized spacial score (nSPS) is 10.5. The number of thiazole rings is 1. The molecule has 1 amide bonds. The van der Waals surface area contributed by atoms with Gasteiger partial charge in [-0.05, 0) is 18.9 Å². The first-order valence-electron chi connectivity index (χ1n) is 7.49. The van der Waals surface area contributed by atoms with Crippen LogP contribution in [0.3, 0.4) is 0 Å². The van der Waals surface area contributed by atoms with Crippen molar-refractivity contribution in [3.63, 3.8) is 0 Å². The summed E-state index contributed by atoms with van der Waals surface area (Å²) in [6.07, 6.45) is 3.00. The van der Waals surface area contributed by atoms with Gasteiger partial charge in [-0.2, -0.15) is 0 Å². The molecule has 2 rings (SSSR count). The first kappa shape index (κ1) is 17.1. The first-order valence-corrected chi connectivity index (χ1v) is 8.30. The summed E-state index contributed by atoms with van der Waals surface area (Å²) in [6.45, 7) is 3.95. The van der Waals surface area contributed by atoms with Gasteiger partial charge in [-0.1, -0.05) is 25.5 Å². The van der Waals surface area contributed by atoms with Crippen LogP contribution >= 0.6 is 11.3 Å². The second kappa shape index (κ2) is 7.82. The Balaban J connectivity index is 2.03. The van der Waals surface area contributed by atoms with E-state index in [-0.39, 0.29) is 11.6 Å². The molecule has 6 nitrogen and oxygen atoms in total. The van der Waals surface area contributed by atoms with Gasteiger partial charge in [0.1, 0.15) is 0 Å². The van der Waals surface area contributed by atoms with E-state index in [0.717, 1.165) is 29.0 Å². The molecule has 0 aliphatic rings. The van der Waals surface area contributed by atoms with Crippen LogP contribution in [0, 0.1) is 17.0 Å². The fourth-order valence-corrected chi connectivity index (χ4v) is 3.10. The standard InChI is InChI=1S/C16H19N3O3S/c1-3-4-5-15(20)18-16-17-11(2)14(23-16)10-12-6-8-13(9-7-12)19(21)22/h6-9H,3-5,10H2,1-2H3,(H,17,18,20). The number of hydrogen-bond donors (Lipinski definition) is 1. The molecule has 7 heteroatoms. The number of anilines is 1. The Morgan fingerprint density at radius 2 is 2.04 bits per heavy atom. The molecule has 0 saturated heterocycles. The lowest BCUT2D eigenvalue weighted by molar-refractivity contribution is -0.384. The number of unbranched alkanes of at least 4 members (excludes halogenated alkanes) is 1. The maximum absolute atomic E-state index is 11.7. The summed E-state index contributed by atoms with van der Waals surface area (Å²) in [5.41, 5.74) is 1.93. The Morgan fingerprint density at radius 1 is 1.35 bits per heavy atom. The lowest BCUT2D eigenvalue weighted by Gasteiger charge is -2.00. The van der Waals surface area contributed by atoms with Crippen LogP contribution in [0.2, 0.25) is 0 Å². The van der Waals surface area contributed by atoms with Gasteiger partial charge < -0.3 is 5.32 Å². The molecule has 0 bridgehead atoms. The van der Waals surface area contributed by atoms with Gasteiger partial charge in [-0.25, -0.2) is 4.98 Å². The Bertz CT molecular complexity index is 695. The molecule has 0 atom stereocenters. The molecule has 0 spiro atoms. The molecule has 0 saturated carbocycles. The van der Waals surface area contributed by atoms with E-state index < -0.39 is 4.92 Å². The highest BCUT2D eigenvalue weighted by Gasteiger charge is 2.11. The second-order valence-corrected chi connectivity index (χ2v) is 6.36. The van der Waals surface area contributed by atoms with Gasteiger partial charge in [0.15, 0.2) is 5.13 Å². The van der Waals surface area contributed by atoms with Crippen molar-refractivity contribution in [1.82, 2.24) is 4.98 Å². The van der Waals surface area contributed by atoms with Crippen molar-refractivity contribution in [1.29, 1.82) is 0 Å². The van der Waals surface area contributed by atoms with Crippen LogP contribution in [0.15, 0.2) is 24.3 Å². The average Bonchev–Trinajstić information content (AvgIpc) is 2.85. The number of amides is 1. The molecule has 0 unspecified atom stereocenters. The zero-order valence-corrected chi connectivity index (χ0v) is 14.0. The third kappa shape index (κ3) is 4.85. The minimum atomic E-state index is -0.411. The lowest BCUT2D eigenvalue weighted by Crippen LogP contribution is -2.10. The van der Waals surface area contributed by atoms with Crippen LogP contribution in [-0.2, 0) is 11.2 Å². The number of benzene rings is 1. The molecule has 0 fully saturated rings. The molecule has 23 heavy (non-hydrogen) atoms. The molecule has 1 heterocycles. The quantitative estimate of drug-likeness (QED) is 0.611. The van der Waals surface area contributed by atoms with E-state index in [9.17, 15) is 14.9 Å². The smallest absolute Gasteiger partial charge is 0.269 e. The molecule has 122 valence electrons. The second-order valence-electron chi connectivity index (χ2n) is 5.28. The highest BCUT2D eigenvalue weighted by atomic mass is 32.1. The number of aryl methyl sites for hydroxylation is 1. The van der Waals surface area contributed by atoms with Gasteiger partial charge in [0.2, 0.25) is 5.91 Å². The van der Waals surface area contributed by atoms with Crippen LogP contribution in [0.4, 0.5) is 10.8 Å². The molecular weight excluding hydrogens is 314 g/mol. The summed E-state index contributed by atoms with van der Waals surface area (Å²) in [4.78, 5) is 27.4. The van der Waals surface area contributed by atoms with Crippen molar-refractivity contribution < 1.29 is 9.72 Å². The summed E-state index contributed by atoms with van der Waals surface area (Å²) in [7, 11) is 0. The Labute approximate surface area is 138 Å². The molecule has 1 aromatic heterocycles. The lowest BCUT2D eigenvalue weighted by atomic mass is 10.1. The third-order valence-corrected chi connectivity index (χ3v) is 4.48. The Hall–Kier alpha value is -2.28. The fraction of sp³-hybridized carbons (Fsp3) is 0.375. The van der Waals surface area contributed by atoms with E-state index in [1.165, 1.54) is 23.5 Å². The van der Waals surface area contributed by atoms with Crippen LogP contribution in [0.1, 0.15) is 42.3 Å². The number of non-ortho nitro benzene ring substituents is 1.